The van der Waals surface area contributed by atoms with E-state index in [0.717, 1.165) is 0 Å². The van der Waals surface area contributed by atoms with Gasteiger partial charge in [-0.25, -0.2) is 0 Å². The maximum absolute atomic E-state index is 12.1. The van der Waals surface area contributed by atoms with Crippen molar-refractivity contribution >= 4 is 17.7 Å². The van der Waals surface area contributed by atoms with E-state index >= 15 is 0 Å². The first kappa shape index (κ1) is 16.9. The highest BCUT2D eigenvalue weighted by atomic mass is 16.6. The number of Topliss-reactive ketones (excluding diaryl/α,β-unsaturated/α-hetero) is 1. The number of ketones is 1. The summed E-state index contributed by atoms with van der Waals surface area (Å²) in [4.78, 5) is 35.7. The number of hydrogen-bond acceptors (Lipinski definition) is 6. The van der Waals surface area contributed by atoms with Crippen LogP contribution >= 0.6 is 0 Å². The molecule has 0 unspecified atom stereocenters. The maximum Gasteiger partial charge on any atom is 0.321 e. The third-order valence-corrected chi connectivity index (χ3v) is 2.90. The summed E-state index contributed by atoms with van der Waals surface area (Å²) in [6, 6.07) is 3.26. The van der Waals surface area contributed by atoms with Crippen LogP contribution in [0.5, 0.6) is 0 Å². The van der Waals surface area contributed by atoms with Crippen molar-refractivity contribution in [3.8, 4) is 0 Å². The van der Waals surface area contributed by atoms with Gasteiger partial charge in [0.1, 0.15) is 11.5 Å². The number of carbonyl (C=O) groups excluding carboxylic acids is 3. The van der Waals surface area contributed by atoms with E-state index in [4.69, 9.17) is 13.9 Å². The lowest BCUT2D eigenvalue weighted by molar-refractivity contribution is -0.163. The lowest BCUT2D eigenvalue weighted by Crippen LogP contribution is -2.34. The van der Waals surface area contributed by atoms with Crippen LogP contribution in [-0.2, 0) is 23.9 Å². The van der Waals surface area contributed by atoms with Gasteiger partial charge >= 0.3 is 11.9 Å². The van der Waals surface area contributed by atoms with E-state index in [9.17, 15) is 14.4 Å². The minimum absolute atomic E-state index is 0.00416. The van der Waals surface area contributed by atoms with Crippen LogP contribution in [0.15, 0.2) is 22.8 Å². The molecule has 1 rings (SSSR count). The van der Waals surface area contributed by atoms with Gasteiger partial charge in [-0.15, -0.1) is 0 Å². The normalized spacial score (nSPS) is 12.0. The molecule has 6 heteroatoms. The van der Waals surface area contributed by atoms with E-state index in [2.05, 4.69) is 0 Å². The first-order chi connectivity index (χ1) is 10.0. The Morgan fingerprint density at radius 2 is 1.71 bits per heavy atom. The highest BCUT2D eigenvalue weighted by Gasteiger charge is 2.40. The molecule has 1 atom stereocenters. The van der Waals surface area contributed by atoms with Crippen molar-refractivity contribution in [3.63, 3.8) is 0 Å². The number of ether oxygens (including phenoxy) is 2. The molecule has 0 aliphatic carbocycles. The van der Waals surface area contributed by atoms with Crippen LogP contribution < -0.4 is 0 Å². The van der Waals surface area contributed by atoms with Crippen molar-refractivity contribution < 1.29 is 28.3 Å². The Hall–Kier alpha value is -2.11. The standard InChI is InChI=1S/C15H20O6/c1-4-19-14(17)13(15(18)20-5-2)11(9-10(3)16)12-7-6-8-21-12/h6-8,11,13H,4-5,9H2,1-3H3/t11-/m0/s1. The average Bonchev–Trinajstić information content (AvgIpc) is 2.91. The van der Waals surface area contributed by atoms with E-state index in [0.29, 0.717) is 5.76 Å². The van der Waals surface area contributed by atoms with Crippen molar-refractivity contribution in [1.29, 1.82) is 0 Å². The summed E-state index contributed by atoms with van der Waals surface area (Å²) in [5.41, 5.74) is 0. The molecule has 0 aliphatic heterocycles. The average molecular weight is 296 g/mol. The van der Waals surface area contributed by atoms with Crippen molar-refractivity contribution in [3.05, 3.63) is 24.2 Å². The zero-order valence-corrected chi connectivity index (χ0v) is 12.5. The molecule has 116 valence electrons. The van der Waals surface area contributed by atoms with Gasteiger partial charge in [0.2, 0.25) is 0 Å². The Labute approximate surface area is 123 Å². The fourth-order valence-corrected chi connectivity index (χ4v) is 2.08. The number of hydrogen-bond donors (Lipinski definition) is 0. The molecule has 0 fully saturated rings. The van der Waals surface area contributed by atoms with Gasteiger partial charge in [-0.3, -0.25) is 9.59 Å². The summed E-state index contributed by atoms with van der Waals surface area (Å²) in [6.45, 7) is 4.96. The third-order valence-electron chi connectivity index (χ3n) is 2.90. The predicted molar refractivity (Wildman–Crippen MR) is 73.5 cm³/mol. The molecule has 0 radical (unpaired) electrons. The zero-order valence-electron chi connectivity index (χ0n) is 12.5. The molecule has 0 amide bonds. The van der Waals surface area contributed by atoms with E-state index in [1.165, 1.54) is 13.2 Å². The first-order valence-corrected chi connectivity index (χ1v) is 6.87. The molecule has 0 spiro atoms. The molecule has 0 aromatic carbocycles. The summed E-state index contributed by atoms with van der Waals surface area (Å²) >= 11 is 0. The van der Waals surface area contributed by atoms with E-state index in [1.807, 2.05) is 0 Å². The summed E-state index contributed by atoms with van der Waals surface area (Å²) in [7, 11) is 0. The van der Waals surface area contributed by atoms with Crippen molar-refractivity contribution in [1.82, 2.24) is 0 Å². The van der Waals surface area contributed by atoms with E-state index in [-0.39, 0.29) is 25.4 Å². The second-order valence-corrected chi connectivity index (χ2v) is 4.51. The molecular weight excluding hydrogens is 276 g/mol. The SMILES string of the molecule is CCOC(=O)C(C(=O)OCC)[C@@H](CC(C)=O)c1ccco1. The third kappa shape index (κ3) is 4.73. The molecule has 0 N–H and O–H groups in total. The van der Waals surface area contributed by atoms with E-state index in [1.54, 1.807) is 26.0 Å². The smallest absolute Gasteiger partial charge is 0.321 e. The van der Waals surface area contributed by atoms with Crippen molar-refractivity contribution in [2.45, 2.75) is 33.1 Å². The zero-order chi connectivity index (χ0) is 15.8. The van der Waals surface area contributed by atoms with Crippen molar-refractivity contribution in [2.24, 2.45) is 5.92 Å². The fourth-order valence-electron chi connectivity index (χ4n) is 2.08. The Morgan fingerprint density at radius 1 is 1.14 bits per heavy atom. The van der Waals surface area contributed by atoms with Gasteiger partial charge in [0.25, 0.3) is 0 Å². The van der Waals surface area contributed by atoms with Crippen LogP contribution in [0.2, 0.25) is 0 Å². The van der Waals surface area contributed by atoms with Gasteiger partial charge in [-0.05, 0) is 32.9 Å². The number of rotatable bonds is 8. The second kappa shape index (κ2) is 8.24. The molecular formula is C15H20O6. The van der Waals surface area contributed by atoms with Gasteiger partial charge in [-0.1, -0.05) is 0 Å². The molecule has 1 aromatic rings. The van der Waals surface area contributed by atoms with Crippen LogP contribution in [0.3, 0.4) is 0 Å². The molecule has 21 heavy (non-hydrogen) atoms. The highest BCUT2D eigenvalue weighted by molar-refractivity contribution is 5.96. The topological polar surface area (TPSA) is 82.8 Å². The number of carbonyl (C=O) groups is 3. The molecule has 1 heterocycles. The summed E-state index contributed by atoms with van der Waals surface area (Å²) < 4.78 is 15.1. The summed E-state index contributed by atoms with van der Waals surface area (Å²) in [5.74, 6) is -3.13. The van der Waals surface area contributed by atoms with Crippen LogP contribution in [0, 0.1) is 5.92 Å². The lowest BCUT2D eigenvalue weighted by Gasteiger charge is -2.21. The first-order valence-electron chi connectivity index (χ1n) is 6.87. The second-order valence-electron chi connectivity index (χ2n) is 4.51. The van der Waals surface area contributed by atoms with Gasteiger partial charge < -0.3 is 18.7 Å². The fraction of sp³-hybridized carbons (Fsp3) is 0.533. The Balaban J connectivity index is 3.12. The van der Waals surface area contributed by atoms with Gasteiger partial charge in [0.15, 0.2) is 5.92 Å². The van der Waals surface area contributed by atoms with Gasteiger partial charge in [0, 0.05) is 12.3 Å². The Morgan fingerprint density at radius 3 is 2.10 bits per heavy atom. The quantitative estimate of drug-likeness (QED) is 0.539. The maximum atomic E-state index is 12.1. The van der Waals surface area contributed by atoms with Crippen molar-refractivity contribution in [2.75, 3.05) is 13.2 Å². The largest absolute Gasteiger partial charge is 0.469 e. The molecule has 0 aliphatic rings. The van der Waals surface area contributed by atoms with Crippen LogP contribution in [0.25, 0.3) is 0 Å². The van der Waals surface area contributed by atoms with E-state index < -0.39 is 23.8 Å². The van der Waals surface area contributed by atoms with Gasteiger partial charge in [0.05, 0.1) is 19.5 Å². The molecule has 0 saturated carbocycles. The van der Waals surface area contributed by atoms with Crippen LogP contribution in [-0.4, -0.2) is 30.9 Å². The minimum atomic E-state index is -1.21. The molecule has 0 bridgehead atoms. The summed E-state index contributed by atoms with van der Waals surface area (Å²) in [5, 5.41) is 0. The lowest BCUT2D eigenvalue weighted by atomic mass is 9.86. The minimum Gasteiger partial charge on any atom is -0.469 e. The Bertz CT molecular complexity index is 458. The van der Waals surface area contributed by atoms with Gasteiger partial charge in [-0.2, -0.15) is 0 Å². The number of esters is 2. The molecule has 6 nitrogen and oxygen atoms in total. The highest BCUT2D eigenvalue weighted by Crippen LogP contribution is 2.31. The number of furan rings is 1. The summed E-state index contributed by atoms with van der Waals surface area (Å²) in [6.07, 6.45) is 1.42. The molecule has 0 saturated heterocycles. The predicted octanol–water partition coefficient (Wildman–Crippen LogP) is 2.08. The monoisotopic (exact) mass is 296 g/mol. The van der Waals surface area contributed by atoms with Crippen LogP contribution in [0.4, 0.5) is 0 Å². The Kier molecular flexibility index (Phi) is 6.65. The molecule has 1 aromatic heterocycles. The van der Waals surface area contributed by atoms with Crippen LogP contribution in [0.1, 0.15) is 38.9 Å².